The van der Waals surface area contributed by atoms with Crippen LogP contribution < -0.4 is 0 Å². The molecule has 2 aliphatic heterocycles. The van der Waals surface area contributed by atoms with Crippen molar-refractivity contribution in [3.05, 3.63) is 39.6 Å². The number of carbonyl (C=O) groups is 1. The molecule has 6 nitrogen and oxygen atoms in total. The summed E-state index contributed by atoms with van der Waals surface area (Å²) in [6.07, 6.45) is 6.50. The third kappa shape index (κ3) is 3.08. The number of ether oxygens (including phenoxy) is 1. The summed E-state index contributed by atoms with van der Waals surface area (Å²) in [4.78, 5) is 19.7. The number of likely N-dealkylation sites (tertiary alicyclic amines) is 1. The number of nitrogens with zero attached hydrogens (tertiary/aromatic N) is 3. The molecule has 4 rings (SSSR count). The fourth-order valence-electron chi connectivity index (χ4n) is 4.16. The molecule has 0 atom stereocenters. The van der Waals surface area contributed by atoms with Crippen LogP contribution in [0.15, 0.2) is 18.6 Å². The Hall–Kier alpha value is -1.70. The second-order valence-corrected chi connectivity index (χ2v) is 8.64. The molecule has 0 amide bonds. The Morgan fingerprint density at radius 2 is 2.19 bits per heavy atom. The summed E-state index contributed by atoms with van der Waals surface area (Å²) in [6.45, 7) is 7.81. The zero-order valence-corrected chi connectivity index (χ0v) is 16.1. The fourth-order valence-corrected chi connectivity index (χ4v) is 5.23. The highest BCUT2D eigenvalue weighted by Gasteiger charge is 2.42. The van der Waals surface area contributed by atoms with Crippen LogP contribution in [0.4, 0.5) is 0 Å². The number of aromatic carboxylic acids is 1. The van der Waals surface area contributed by atoms with Crippen molar-refractivity contribution in [1.29, 1.82) is 0 Å². The van der Waals surface area contributed by atoms with E-state index in [1.54, 1.807) is 0 Å². The summed E-state index contributed by atoms with van der Waals surface area (Å²) >= 11 is 1.42. The highest BCUT2D eigenvalue weighted by Crippen LogP contribution is 2.44. The summed E-state index contributed by atoms with van der Waals surface area (Å²) in [5.41, 5.74) is 2.06. The quantitative estimate of drug-likeness (QED) is 0.888. The topological polar surface area (TPSA) is 67.6 Å². The van der Waals surface area contributed by atoms with Crippen molar-refractivity contribution >= 4 is 17.3 Å². The number of fused-ring (bicyclic) bond motifs is 2. The van der Waals surface area contributed by atoms with Crippen LogP contribution in [-0.2, 0) is 23.3 Å². The second kappa shape index (κ2) is 6.79. The predicted molar refractivity (Wildman–Crippen MR) is 99.7 cm³/mol. The smallest absolute Gasteiger partial charge is 0.345 e. The van der Waals surface area contributed by atoms with E-state index in [9.17, 15) is 9.90 Å². The van der Waals surface area contributed by atoms with E-state index in [4.69, 9.17) is 4.74 Å². The largest absolute Gasteiger partial charge is 0.477 e. The zero-order valence-electron chi connectivity index (χ0n) is 15.3. The summed E-state index contributed by atoms with van der Waals surface area (Å²) < 4.78 is 8.46. The van der Waals surface area contributed by atoms with Gasteiger partial charge in [-0.1, -0.05) is 0 Å². The molecule has 4 heterocycles. The van der Waals surface area contributed by atoms with Crippen LogP contribution in [0, 0.1) is 0 Å². The molecular formula is C19H25N3O3S. The molecule has 0 saturated carbocycles. The number of carboxylic acids is 1. The van der Waals surface area contributed by atoms with Gasteiger partial charge in [-0.25, -0.2) is 9.78 Å². The summed E-state index contributed by atoms with van der Waals surface area (Å²) in [5.74, 6) is -0.834. The number of thiophene rings is 1. The highest BCUT2D eigenvalue weighted by atomic mass is 32.1. The van der Waals surface area contributed by atoms with E-state index in [-0.39, 0.29) is 5.60 Å². The SMILES string of the molecule is CC(C)n1cncc1CN1CCC2(CC1)OCCc1sc(C(=O)O)cc12. The van der Waals surface area contributed by atoms with Crippen LogP contribution in [0.2, 0.25) is 0 Å². The van der Waals surface area contributed by atoms with Gasteiger partial charge in [0.05, 0.1) is 24.2 Å². The second-order valence-electron chi connectivity index (χ2n) is 7.51. The molecule has 2 aromatic heterocycles. The number of piperidine rings is 1. The van der Waals surface area contributed by atoms with Crippen LogP contribution in [0.3, 0.4) is 0 Å². The first-order chi connectivity index (χ1) is 12.5. The van der Waals surface area contributed by atoms with Gasteiger partial charge in [0.15, 0.2) is 0 Å². The van der Waals surface area contributed by atoms with Gasteiger partial charge in [0.1, 0.15) is 4.88 Å². The predicted octanol–water partition coefficient (Wildman–Crippen LogP) is 3.29. The number of carboxylic acid groups (broad SMARTS) is 1. The molecule has 2 aliphatic rings. The van der Waals surface area contributed by atoms with E-state index in [0.717, 1.165) is 44.5 Å². The fraction of sp³-hybridized carbons (Fsp3) is 0.579. The third-order valence-corrected chi connectivity index (χ3v) is 6.75. The van der Waals surface area contributed by atoms with Crippen molar-refractivity contribution < 1.29 is 14.6 Å². The lowest BCUT2D eigenvalue weighted by Gasteiger charge is -2.44. The van der Waals surface area contributed by atoms with Gasteiger partial charge < -0.3 is 14.4 Å². The molecule has 0 aliphatic carbocycles. The number of hydrogen-bond acceptors (Lipinski definition) is 5. The lowest BCUT2D eigenvalue weighted by molar-refractivity contribution is -0.0982. The van der Waals surface area contributed by atoms with E-state index >= 15 is 0 Å². The number of rotatable bonds is 4. The molecule has 1 N–H and O–H groups in total. The van der Waals surface area contributed by atoms with Crippen molar-refractivity contribution in [2.45, 2.75) is 51.3 Å². The van der Waals surface area contributed by atoms with Gasteiger partial charge in [-0.15, -0.1) is 11.3 Å². The van der Waals surface area contributed by atoms with E-state index in [1.165, 1.54) is 21.9 Å². The van der Waals surface area contributed by atoms with E-state index < -0.39 is 5.97 Å². The molecule has 26 heavy (non-hydrogen) atoms. The van der Waals surface area contributed by atoms with Gasteiger partial charge >= 0.3 is 5.97 Å². The molecule has 7 heteroatoms. The maximum absolute atomic E-state index is 11.4. The Bertz CT molecular complexity index is 803. The summed E-state index contributed by atoms with van der Waals surface area (Å²) in [5, 5.41) is 9.33. The standard InChI is InChI=1S/C19H25N3O3S/c1-13(2)22-12-20-10-14(22)11-21-6-4-19(5-7-21)15-9-17(18(23)24)26-16(15)3-8-25-19/h9-10,12-13H,3-8,11H2,1-2H3,(H,23,24). The maximum Gasteiger partial charge on any atom is 0.345 e. The minimum absolute atomic E-state index is 0.299. The van der Waals surface area contributed by atoms with Crippen LogP contribution in [0.5, 0.6) is 0 Å². The third-order valence-electron chi connectivity index (χ3n) is 5.57. The number of aromatic nitrogens is 2. The lowest BCUT2D eigenvalue weighted by atomic mass is 9.82. The molecule has 0 radical (unpaired) electrons. The highest BCUT2D eigenvalue weighted by molar-refractivity contribution is 7.14. The molecular weight excluding hydrogens is 350 g/mol. The minimum atomic E-state index is -0.834. The van der Waals surface area contributed by atoms with Crippen molar-refractivity contribution in [1.82, 2.24) is 14.5 Å². The monoisotopic (exact) mass is 375 g/mol. The molecule has 140 valence electrons. The van der Waals surface area contributed by atoms with Crippen molar-refractivity contribution in [3.8, 4) is 0 Å². The number of imidazole rings is 1. The average Bonchev–Trinajstić information content (AvgIpc) is 3.25. The van der Waals surface area contributed by atoms with Crippen molar-refractivity contribution in [2.24, 2.45) is 0 Å². The first-order valence-corrected chi connectivity index (χ1v) is 10.0. The van der Waals surface area contributed by atoms with Crippen molar-refractivity contribution in [2.75, 3.05) is 19.7 Å². The zero-order chi connectivity index (χ0) is 18.3. The molecule has 0 aromatic carbocycles. The summed E-state index contributed by atoms with van der Waals surface area (Å²) in [7, 11) is 0. The normalized spacial score (nSPS) is 19.8. The van der Waals surface area contributed by atoms with Gasteiger partial charge in [0.25, 0.3) is 0 Å². The van der Waals surface area contributed by atoms with Gasteiger partial charge in [-0.05, 0) is 38.3 Å². The molecule has 1 fully saturated rings. The van der Waals surface area contributed by atoms with E-state index in [1.807, 2.05) is 18.6 Å². The Morgan fingerprint density at radius 1 is 1.42 bits per heavy atom. The lowest BCUT2D eigenvalue weighted by Crippen LogP contribution is -2.46. The Labute approximate surface area is 157 Å². The average molecular weight is 375 g/mol. The van der Waals surface area contributed by atoms with Crippen LogP contribution in [0.1, 0.15) is 58.5 Å². The minimum Gasteiger partial charge on any atom is -0.477 e. The molecule has 1 saturated heterocycles. The van der Waals surface area contributed by atoms with Crippen LogP contribution in [0.25, 0.3) is 0 Å². The van der Waals surface area contributed by atoms with Crippen LogP contribution >= 0.6 is 11.3 Å². The van der Waals surface area contributed by atoms with E-state index in [2.05, 4.69) is 28.3 Å². The Kier molecular flexibility index (Phi) is 4.62. The van der Waals surface area contributed by atoms with Gasteiger partial charge in [0.2, 0.25) is 0 Å². The maximum atomic E-state index is 11.4. The van der Waals surface area contributed by atoms with Crippen molar-refractivity contribution in [3.63, 3.8) is 0 Å². The Balaban J connectivity index is 1.49. The first-order valence-electron chi connectivity index (χ1n) is 9.22. The summed E-state index contributed by atoms with van der Waals surface area (Å²) in [6, 6.07) is 2.26. The van der Waals surface area contributed by atoms with Gasteiger partial charge in [-0.2, -0.15) is 0 Å². The van der Waals surface area contributed by atoms with E-state index in [0.29, 0.717) is 17.5 Å². The van der Waals surface area contributed by atoms with Gasteiger partial charge in [0, 0.05) is 43.2 Å². The molecule has 0 unspecified atom stereocenters. The molecule has 1 spiro atoms. The number of hydrogen-bond donors (Lipinski definition) is 1. The molecule has 2 aromatic rings. The first kappa shape index (κ1) is 17.7. The Morgan fingerprint density at radius 3 is 2.88 bits per heavy atom. The van der Waals surface area contributed by atoms with Gasteiger partial charge in [-0.3, -0.25) is 4.90 Å². The van der Waals surface area contributed by atoms with Crippen LogP contribution in [-0.4, -0.2) is 45.2 Å². The molecule has 0 bridgehead atoms.